The second kappa shape index (κ2) is 6.66. The van der Waals surface area contributed by atoms with Crippen molar-refractivity contribution in [2.24, 2.45) is 0 Å². The molecule has 6 nitrogen and oxygen atoms in total. The van der Waals surface area contributed by atoms with Gasteiger partial charge in [-0.05, 0) is 30.3 Å². The zero-order valence-electron chi connectivity index (χ0n) is 14.7. The van der Waals surface area contributed by atoms with Gasteiger partial charge < -0.3 is 14.5 Å². The third-order valence-electron chi connectivity index (χ3n) is 4.68. The van der Waals surface area contributed by atoms with Crippen LogP contribution >= 0.6 is 0 Å². The van der Waals surface area contributed by atoms with Gasteiger partial charge in [0, 0.05) is 22.4 Å². The molecule has 0 atom stereocenters. The van der Waals surface area contributed by atoms with Gasteiger partial charge >= 0.3 is 0 Å². The van der Waals surface area contributed by atoms with E-state index in [0.29, 0.717) is 23.1 Å². The fourth-order valence-corrected chi connectivity index (χ4v) is 3.44. The van der Waals surface area contributed by atoms with Gasteiger partial charge in [0.05, 0.1) is 5.92 Å². The topological polar surface area (TPSA) is 77.3 Å². The SMILES string of the molecule is O=C(Nc1cccc(-c2nnco2)c1)C1c2ccccc2Oc2ccccc21. The summed E-state index contributed by atoms with van der Waals surface area (Å²) >= 11 is 0. The number of nitrogens with zero attached hydrogens (tertiary/aromatic N) is 2. The van der Waals surface area contributed by atoms with Crippen molar-refractivity contribution in [2.45, 2.75) is 5.92 Å². The number of para-hydroxylation sites is 2. The van der Waals surface area contributed by atoms with Crippen molar-refractivity contribution in [2.75, 3.05) is 5.32 Å². The van der Waals surface area contributed by atoms with Crippen molar-refractivity contribution in [3.05, 3.63) is 90.3 Å². The standard InChI is InChI=1S/C22H15N3O3/c26-21(24-15-7-5-6-14(12-15)22-25-23-13-27-22)20-16-8-1-3-10-18(16)28-19-11-4-2-9-17(19)20/h1-13,20H,(H,24,26). The third-order valence-corrected chi connectivity index (χ3v) is 4.68. The molecule has 1 N–H and O–H groups in total. The minimum atomic E-state index is -0.465. The highest BCUT2D eigenvalue weighted by Crippen LogP contribution is 2.44. The first-order valence-corrected chi connectivity index (χ1v) is 8.83. The Morgan fingerprint density at radius 1 is 0.893 bits per heavy atom. The Balaban J connectivity index is 1.50. The minimum Gasteiger partial charge on any atom is -0.457 e. The molecule has 4 aromatic rings. The van der Waals surface area contributed by atoms with Crippen molar-refractivity contribution in [3.8, 4) is 23.0 Å². The summed E-state index contributed by atoms with van der Waals surface area (Å²) in [5, 5.41) is 10.6. The lowest BCUT2D eigenvalue weighted by Crippen LogP contribution is -2.25. The Kier molecular flexibility index (Phi) is 3.87. The quantitative estimate of drug-likeness (QED) is 0.570. The maximum atomic E-state index is 13.3. The molecule has 2 heterocycles. The van der Waals surface area contributed by atoms with Crippen LogP contribution in [0.4, 0.5) is 5.69 Å². The molecule has 1 aliphatic rings. The van der Waals surface area contributed by atoms with Crippen molar-refractivity contribution in [1.82, 2.24) is 10.2 Å². The van der Waals surface area contributed by atoms with E-state index in [-0.39, 0.29) is 5.91 Å². The number of hydrogen-bond acceptors (Lipinski definition) is 5. The molecular weight excluding hydrogens is 354 g/mol. The van der Waals surface area contributed by atoms with E-state index < -0.39 is 5.92 Å². The minimum absolute atomic E-state index is 0.133. The van der Waals surface area contributed by atoms with E-state index in [1.807, 2.05) is 72.8 Å². The van der Waals surface area contributed by atoms with Crippen LogP contribution < -0.4 is 10.1 Å². The molecule has 0 fully saturated rings. The molecule has 5 rings (SSSR count). The summed E-state index contributed by atoms with van der Waals surface area (Å²) in [7, 11) is 0. The van der Waals surface area contributed by atoms with E-state index in [1.165, 1.54) is 6.39 Å². The fourth-order valence-electron chi connectivity index (χ4n) is 3.44. The summed E-state index contributed by atoms with van der Waals surface area (Å²) in [5.41, 5.74) is 3.07. The number of nitrogens with one attached hydrogen (secondary N) is 1. The number of ether oxygens (including phenoxy) is 1. The first-order chi connectivity index (χ1) is 13.8. The van der Waals surface area contributed by atoms with Crippen molar-refractivity contribution in [3.63, 3.8) is 0 Å². The number of aromatic nitrogens is 2. The molecule has 6 heteroatoms. The summed E-state index contributed by atoms with van der Waals surface area (Å²) in [5.74, 6) is 1.19. The lowest BCUT2D eigenvalue weighted by molar-refractivity contribution is -0.116. The highest BCUT2D eigenvalue weighted by Gasteiger charge is 2.32. The number of amides is 1. The Labute approximate surface area is 160 Å². The van der Waals surface area contributed by atoms with E-state index >= 15 is 0 Å². The summed E-state index contributed by atoms with van der Waals surface area (Å²) in [6.45, 7) is 0. The molecule has 0 spiro atoms. The Bertz CT molecular complexity index is 1110. The number of anilines is 1. The van der Waals surface area contributed by atoms with Gasteiger partial charge in [0.25, 0.3) is 0 Å². The maximum Gasteiger partial charge on any atom is 0.247 e. The number of rotatable bonds is 3. The Hall–Kier alpha value is -3.93. The number of carbonyl (C=O) groups excluding carboxylic acids is 1. The van der Waals surface area contributed by atoms with Gasteiger partial charge in [0.15, 0.2) is 0 Å². The maximum absolute atomic E-state index is 13.3. The van der Waals surface area contributed by atoms with Crippen molar-refractivity contribution >= 4 is 11.6 Å². The average Bonchev–Trinajstić information content (AvgIpc) is 3.27. The third kappa shape index (κ3) is 2.81. The van der Waals surface area contributed by atoms with Gasteiger partial charge in [-0.2, -0.15) is 0 Å². The molecule has 0 saturated carbocycles. The summed E-state index contributed by atoms with van der Waals surface area (Å²) in [4.78, 5) is 13.3. The van der Waals surface area contributed by atoms with Crippen LogP contribution in [0.25, 0.3) is 11.5 Å². The largest absolute Gasteiger partial charge is 0.457 e. The highest BCUT2D eigenvalue weighted by molar-refractivity contribution is 5.99. The van der Waals surface area contributed by atoms with Gasteiger partial charge in [0.1, 0.15) is 11.5 Å². The molecule has 0 bridgehead atoms. The molecule has 1 aliphatic heterocycles. The smallest absolute Gasteiger partial charge is 0.247 e. The summed E-state index contributed by atoms with van der Waals surface area (Å²) < 4.78 is 11.2. The van der Waals surface area contributed by atoms with Gasteiger partial charge in [0.2, 0.25) is 18.2 Å². The number of benzene rings is 3. The molecular formula is C22H15N3O3. The van der Waals surface area contributed by atoms with Gasteiger partial charge in [-0.1, -0.05) is 42.5 Å². The van der Waals surface area contributed by atoms with Gasteiger partial charge in [-0.25, -0.2) is 0 Å². The molecule has 3 aromatic carbocycles. The molecule has 28 heavy (non-hydrogen) atoms. The van der Waals surface area contributed by atoms with Crippen LogP contribution in [0.1, 0.15) is 17.0 Å². The van der Waals surface area contributed by atoms with Crippen molar-refractivity contribution < 1.29 is 13.9 Å². The van der Waals surface area contributed by atoms with E-state index in [4.69, 9.17) is 9.15 Å². The molecule has 136 valence electrons. The van der Waals surface area contributed by atoms with Crippen LogP contribution in [-0.2, 0) is 4.79 Å². The zero-order chi connectivity index (χ0) is 18.9. The van der Waals surface area contributed by atoms with Crippen LogP contribution in [0.2, 0.25) is 0 Å². The molecule has 0 saturated heterocycles. The van der Waals surface area contributed by atoms with Gasteiger partial charge in [-0.3, -0.25) is 4.79 Å². The van der Waals surface area contributed by atoms with E-state index in [1.54, 1.807) is 0 Å². The lowest BCUT2D eigenvalue weighted by atomic mass is 9.87. The van der Waals surface area contributed by atoms with Gasteiger partial charge in [-0.15, -0.1) is 10.2 Å². The van der Waals surface area contributed by atoms with Crippen LogP contribution in [0.3, 0.4) is 0 Å². The Morgan fingerprint density at radius 3 is 2.29 bits per heavy atom. The average molecular weight is 369 g/mol. The highest BCUT2D eigenvalue weighted by atomic mass is 16.5. The predicted molar refractivity (Wildman–Crippen MR) is 103 cm³/mol. The lowest BCUT2D eigenvalue weighted by Gasteiger charge is -2.27. The van der Waals surface area contributed by atoms with Crippen LogP contribution in [0.15, 0.2) is 83.6 Å². The molecule has 0 radical (unpaired) electrons. The fraction of sp³-hybridized carbons (Fsp3) is 0.0455. The second-order valence-corrected chi connectivity index (χ2v) is 6.42. The number of fused-ring (bicyclic) bond motifs is 2. The van der Waals surface area contributed by atoms with Crippen molar-refractivity contribution in [1.29, 1.82) is 0 Å². The van der Waals surface area contributed by atoms with E-state index in [0.717, 1.165) is 16.7 Å². The number of hydrogen-bond donors (Lipinski definition) is 1. The molecule has 1 amide bonds. The Morgan fingerprint density at radius 2 is 1.61 bits per heavy atom. The van der Waals surface area contributed by atoms with E-state index in [9.17, 15) is 4.79 Å². The predicted octanol–water partition coefficient (Wildman–Crippen LogP) is 4.61. The van der Waals surface area contributed by atoms with Crippen LogP contribution in [-0.4, -0.2) is 16.1 Å². The van der Waals surface area contributed by atoms with Crippen LogP contribution in [0, 0.1) is 0 Å². The zero-order valence-corrected chi connectivity index (χ0v) is 14.7. The summed E-state index contributed by atoms with van der Waals surface area (Å²) in [6.07, 6.45) is 1.27. The molecule has 1 aromatic heterocycles. The van der Waals surface area contributed by atoms with E-state index in [2.05, 4.69) is 15.5 Å². The number of carbonyl (C=O) groups is 1. The normalized spacial score (nSPS) is 12.6. The molecule has 0 unspecified atom stereocenters. The first-order valence-electron chi connectivity index (χ1n) is 8.83. The van der Waals surface area contributed by atoms with Crippen LogP contribution in [0.5, 0.6) is 11.5 Å². The first kappa shape index (κ1) is 16.3. The summed E-state index contributed by atoms with van der Waals surface area (Å²) in [6, 6.07) is 22.5. The monoisotopic (exact) mass is 369 g/mol. The second-order valence-electron chi connectivity index (χ2n) is 6.42. The molecule has 0 aliphatic carbocycles.